The minimum absolute atomic E-state index is 0.105. The molecule has 1 saturated carbocycles. The predicted molar refractivity (Wildman–Crippen MR) is 73.8 cm³/mol. The average Bonchev–Trinajstić information content (AvgIpc) is 3.05. The van der Waals surface area contributed by atoms with Crippen molar-refractivity contribution in [3.05, 3.63) is 17.7 Å². The molecule has 0 aromatic carbocycles. The number of aryl methyl sites for hydroxylation is 1. The lowest BCUT2D eigenvalue weighted by atomic mass is 9.97. The van der Waals surface area contributed by atoms with Crippen molar-refractivity contribution in [1.29, 1.82) is 0 Å². The third-order valence-electron chi connectivity index (χ3n) is 4.28. The smallest absolute Gasteiger partial charge is 0.225 e. The fraction of sp³-hybridized carbons (Fsp3) is 0.733. The highest BCUT2D eigenvalue weighted by atomic mass is 16.2. The summed E-state index contributed by atoms with van der Waals surface area (Å²) in [5.41, 5.74) is 1.26. The van der Waals surface area contributed by atoms with Gasteiger partial charge in [-0.15, -0.1) is 0 Å². The minimum Gasteiger partial charge on any atom is -0.341 e. The highest BCUT2D eigenvalue weighted by Gasteiger charge is 2.36. The number of likely N-dealkylation sites (tertiary alicyclic amines) is 1. The molecule has 1 aliphatic carbocycles. The van der Waals surface area contributed by atoms with E-state index >= 15 is 0 Å². The van der Waals surface area contributed by atoms with Gasteiger partial charge in [-0.2, -0.15) is 0 Å². The summed E-state index contributed by atoms with van der Waals surface area (Å²) in [6, 6.07) is 0. The average molecular weight is 261 g/mol. The van der Waals surface area contributed by atoms with Crippen molar-refractivity contribution in [1.82, 2.24) is 14.5 Å². The van der Waals surface area contributed by atoms with Crippen molar-refractivity contribution in [2.24, 2.45) is 11.8 Å². The molecule has 2 fully saturated rings. The lowest BCUT2D eigenvalue weighted by molar-refractivity contribution is -0.139. The van der Waals surface area contributed by atoms with Gasteiger partial charge in [0.15, 0.2) is 0 Å². The van der Waals surface area contributed by atoms with Crippen molar-refractivity contribution in [3.8, 4) is 0 Å². The Morgan fingerprint density at radius 3 is 2.68 bits per heavy atom. The molecule has 0 atom stereocenters. The van der Waals surface area contributed by atoms with Crippen LogP contribution in [0, 0.1) is 18.8 Å². The molecule has 1 aliphatic heterocycles. The van der Waals surface area contributed by atoms with Gasteiger partial charge < -0.3 is 9.47 Å². The third kappa shape index (κ3) is 2.40. The Morgan fingerprint density at radius 2 is 2.11 bits per heavy atom. The number of carbonyl (C=O) groups is 1. The Labute approximate surface area is 114 Å². The standard InChI is InChI=1S/C15H23N3O/c1-10(2)15(19)17-8-13(9-17)14-16-6-11(3)18(14)7-12-4-5-12/h6,10,12-13H,4-5,7-9H2,1-3H3. The number of rotatable bonds is 4. The van der Waals surface area contributed by atoms with Crippen LogP contribution >= 0.6 is 0 Å². The van der Waals surface area contributed by atoms with Gasteiger partial charge in [0.1, 0.15) is 5.82 Å². The molecule has 1 saturated heterocycles. The summed E-state index contributed by atoms with van der Waals surface area (Å²) in [4.78, 5) is 18.4. The zero-order valence-electron chi connectivity index (χ0n) is 12.1. The molecular weight excluding hydrogens is 238 g/mol. The number of carbonyl (C=O) groups excluding carboxylic acids is 1. The number of hydrogen-bond acceptors (Lipinski definition) is 2. The number of nitrogens with zero attached hydrogens (tertiary/aromatic N) is 3. The molecule has 3 rings (SSSR count). The topological polar surface area (TPSA) is 38.1 Å². The Bertz CT molecular complexity index is 482. The SMILES string of the molecule is Cc1cnc(C2CN(C(=O)C(C)C)C2)n1CC1CC1. The third-order valence-corrected chi connectivity index (χ3v) is 4.28. The zero-order valence-corrected chi connectivity index (χ0v) is 12.1. The molecule has 4 nitrogen and oxygen atoms in total. The summed E-state index contributed by atoms with van der Waals surface area (Å²) in [6.45, 7) is 8.88. The van der Waals surface area contributed by atoms with Crippen LogP contribution < -0.4 is 0 Å². The quantitative estimate of drug-likeness (QED) is 0.833. The molecule has 4 heteroatoms. The fourth-order valence-corrected chi connectivity index (χ4v) is 2.79. The molecule has 2 heterocycles. The van der Waals surface area contributed by atoms with Gasteiger partial charge in [0, 0.05) is 37.4 Å². The van der Waals surface area contributed by atoms with Crippen LogP contribution in [0.15, 0.2) is 6.20 Å². The number of hydrogen-bond donors (Lipinski definition) is 0. The van der Waals surface area contributed by atoms with Crippen LogP contribution in [0.5, 0.6) is 0 Å². The maximum atomic E-state index is 11.9. The largest absolute Gasteiger partial charge is 0.341 e. The monoisotopic (exact) mass is 261 g/mol. The van der Waals surface area contributed by atoms with Crippen molar-refractivity contribution >= 4 is 5.91 Å². The molecule has 0 spiro atoms. The molecule has 0 bridgehead atoms. The Kier molecular flexibility index (Phi) is 3.11. The first-order valence-corrected chi connectivity index (χ1v) is 7.37. The van der Waals surface area contributed by atoms with Gasteiger partial charge in [0.05, 0.1) is 5.92 Å². The van der Waals surface area contributed by atoms with Gasteiger partial charge in [-0.3, -0.25) is 4.79 Å². The van der Waals surface area contributed by atoms with Crippen LogP contribution in [-0.4, -0.2) is 33.4 Å². The van der Waals surface area contributed by atoms with E-state index in [4.69, 9.17) is 0 Å². The van der Waals surface area contributed by atoms with Crippen molar-refractivity contribution in [3.63, 3.8) is 0 Å². The van der Waals surface area contributed by atoms with E-state index in [0.717, 1.165) is 25.6 Å². The molecule has 0 radical (unpaired) electrons. The predicted octanol–water partition coefficient (Wildman–Crippen LogP) is 2.18. The van der Waals surface area contributed by atoms with E-state index < -0.39 is 0 Å². The van der Waals surface area contributed by atoms with Crippen LogP contribution in [0.1, 0.15) is 44.1 Å². The summed E-state index contributed by atoms with van der Waals surface area (Å²) in [5, 5.41) is 0. The van der Waals surface area contributed by atoms with Gasteiger partial charge >= 0.3 is 0 Å². The first-order chi connectivity index (χ1) is 9.06. The van der Waals surface area contributed by atoms with Gasteiger partial charge in [-0.05, 0) is 25.7 Å². The normalized spacial score (nSPS) is 19.9. The molecule has 1 aromatic heterocycles. The summed E-state index contributed by atoms with van der Waals surface area (Å²) in [7, 11) is 0. The lowest BCUT2D eigenvalue weighted by Crippen LogP contribution is -2.50. The number of imidazole rings is 1. The summed E-state index contributed by atoms with van der Waals surface area (Å²) >= 11 is 0. The van der Waals surface area contributed by atoms with E-state index in [2.05, 4.69) is 16.5 Å². The number of aromatic nitrogens is 2. The molecule has 0 unspecified atom stereocenters. The van der Waals surface area contributed by atoms with Crippen LogP contribution in [0.3, 0.4) is 0 Å². The maximum absolute atomic E-state index is 11.9. The molecular formula is C15H23N3O. The second kappa shape index (κ2) is 4.66. The first kappa shape index (κ1) is 12.7. The van der Waals surface area contributed by atoms with Crippen molar-refractivity contribution in [2.45, 2.75) is 46.1 Å². The van der Waals surface area contributed by atoms with Gasteiger partial charge in [0.25, 0.3) is 0 Å². The maximum Gasteiger partial charge on any atom is 0.225 e. The summed E-state index contributed by atoms with van der Waals surface area (Å²) in [6.07, 6.45) is 4.70. The Hall–Kier alpha value is -1.32. The molecule has 2 aliphatic rings. The lowest BCUT2D eigenvalue weighted by Gasteiger charge is -2.40. The second-order valence-corrected chi connectivity index (χ2v) is 6.41. The molecule has 1 amide bonds. The molecule has 19 heavy (non-hydrogen) atoms. The zero-order chi connectivity index (χ0) is 13.6. The van der Waals surface area contributed by atoms with Crippen LogP contribution in [0.4, 0.5) is 0 Å². The van der Waals surface area contributed by atoms with Gasteiger partial charge in [0.2, 0.25) is 5.91 Å². The van der Waals surface area contributed by atoms with E-state index in [1.807, 2.05) is 24.9 Å². The van der Waals surface area contributed by atoms with Crippen molar-refractivity contribution in [2.75, 3.05) is 13.1 Å². The van der Waals surface area contributed by atoms with E-state index in [1.165, 1.54) is 24.4 Å². The Morgan fingerprint density at radius 1 is 1.42 bits per heavy atom. The van der Waals surface area contributed by atoms with Gasteiger partial charge in [-0.25, -0.2) is 4.98 Å². The van der Waals surface area contributed by atoms with E-state index in [1.54, 1.807) is 0 Å². The van der Waals surface area contributed by atoms with E-state index in [0.29, 0.717) is 5.92 Å². The Balaban J connectivity index is 1.66. The van der Waals surface area contributed by atoms with Crippen LogP contribution in [0.25, 0.3) is 0 Å². The van der Waals surface area contributed by atoms with E-state index in [9.17, 15) is 4.79 Å². The van der Waals surface area contributed by atoms with Crippen molar-refractivity contribution < 1.29 is 4.79 Å². The van der Waals surface area contributed by atoms with Gasteiger partial charge in [-0.1, -0.05) is 13.8 Å². The fourth-order valence-electron chi connectivity index (χ4n) is 2.79. The highest BCUT2D eigenvalue weighted by molar-refractivity contribution is 5.79. The van der Waals surface area contributed by atoms with Crippen LogP contribution in [0.2, 0.25) is 0 Å². The summed E-state index contributed by atoms with van der Waals surface area (Å²) < 4.78 is 2.37. The molecule has 104 valence electrons. The minimum atomic E-state index is 0.105. The summed E-state index contributed by atoms with van der Waals surface area (Å²) in [5.74, 6) is 2.87. The van der Waals surface area contributed by atoms with Crippen LogP contribution in [-0.2, 0) is 11.3 Å². The molecule has 0 N–H and O–H groups in total. The first-order valence-electron chi connectivity index (χ1n) is 7.37. The molecule has 1 aromatic rings. The van der Waals surface area contributed by atoms with E-state index in [-0.39, 0.29) is 11.8 Å². The second-order valence-electron chi connectivity index (χ2n) is 6.41. The highest BCUT2D eigenvalue weighted by Crippen LogP contribution is 2.34. The number of amides is 1.